The number of aliphatic hydroxyl groups excluding tert-OH is 1. The largest absolute Gasteiger partial charge is 0.508 e. The molecule has 2 fully saturated rings. The summed E-state index contributed by atoms with van der Waals surface area (Å²) < 4.78 is 21.7. The molecule has 45 heavy (non-hydrogen) atoms. The molecule has 3 aliphatic rings. The van der Waals surface area contributed by atoms with Crippen molar-refractivity contribution in [2.24, 2.45) is 23.2 Å². The van der Waals surface area contributed by atoms with Crippen LogP contribution < -0.4 is 4.74 Å². The number of aromatic hydroxyl groups is 1. The second kappa shape index (κ2) is 13.5. The van der Waals surface area contributed by atoms with Gasteiger partial charge in [-0.05, 0) is 122 Å². The normalized spacial score (nSPS) is 28.5. The lowest BCUT2D eigenvalue weighted by atomic mass is 9.51. The first-order valence-corrected chi connectivity index (χ1v) is 17.0. The number of nitrogens with zero attached hydrogens (tertiary/aromatic N) is 1. The number of ether oxygens (including phenoxy) is 1. The molecule has 0 spiro atoms. The van der Waals surface area contributed by atoms with Gasteiger partial charge in [-0.1, -0.05) is 56.2 Å². The van der Waals surface area contributed by atoms with Crippen molar-refractivity contribution in [3.63, 3.8) is 0 Å². The highest BCUT2D eigenvalue weighted by atomic mass is 19.1. The van der Waals surface area contributed by atoms with Gasteiger partial charge in [0, 0.05) is 24.6 Å². The molecule has 240 valence electrons. The molecule has 3 aromatic rings. The number of phenolic OH excluding ortho intramolecular Hbond substituents is 1. The number of amides is 1. The molecule has 3 aliphatic carbocycles. The maximum absolute atomic E-state index is 16.1. The van der Waals surface area contributed by atoms with E-state index in [1.54, 1.807) is 6.07 Å². The Balaban J connectivity index is 1.13. The Morgan fingerprint density at radius 1 is 1.02 bits per heavy atom. The molecule has 3 aromatic carbocycles. The van der Waals surface area contributed by atoms with E-state index in [9.17, 15) is 15.0 Å². The van der Waals surface area contributed by atoms with Crippen LogP contribution >= 0.6 is 0 Å². The molecule has 0 aliphatic heterocycles. The van der Waals surface area contributed by atoms with Gasteiger partial charge in [0.25, 0.3) is 5.91 Å². The summed E-state index contributed by atoms with van der Waals surface area (Å²) in [6.07, 6.45) is 5.39. The van der Waals surface area contributed by atoms with Crippen LogP contribution in [-0.2, 0) is 13.0 Å². The molecule has 6 unspecified atom stereocenters. The number of fused-ring (bicyclic) bond motifs is 5. The molecule has 6 rings (SSSR count). The number of alkyl halides is 1. The molecule has 0 saturated heterocycles. The SMILES string of the molecule is CCOc1ccc(C(=O)N(CCCCCC2Cc3cc(O)ccc3C3C(F)C[C@]4(C)C(O)CCC4C23)Cc2ccccc2)cc1. The molecule has 2 saturated carbocycles. The third kappa shape index (κ3) is 6.49. The first-order chi connectivity index (χ1) is 21.8. The molecule has 0 radical (unpaired) electrons. The lowest BCUT2D eigenvalue weighted by molar-refractivity contribution is -0.0722. The molecular weight excluding hydrogens is 565 g/mol. The Hall–Kier alpha value is -3.38. The molecule has 0 aromatic heterocycles. The van der Waals surface area contributed by atoms with Gasteiger partial charge in [-0.3, -0.25) is 4.79 Å². The number of aliphatic hydroxyl groups is 1. The van der Waals surface area contributed by atoms with Crippen LogP contribution in [0.25, 0.3) is 0 Å². The summed E-state index contributed by atoms with van der Waals surface area (Å²) >= 11 is 0. The summed E-state index contributed by atoms with van der Waals surface area (Å²) in [5.41, 5.74) is 3.54. The summed E-state index contributed by atoms with van der Waals surface area (Å²) in [6, 6.07) is 23.0. The summed E-state index contributed by atoms with van der Waals surface area (Å²) in [5, 5.41) is 21.2. The van der Waals surface area contributed by atoms with Crippen LogP contribution in [0.1, 0.15) is 91.8 Å². The zero-order chi connectivity index (χ0) is 31.6. The number of unbranched alkanes of at least 4 members (excludes halogenated alkanes) is 2. The topological polar surface area (TPSA) is 70.0 Å². The number of halogens is 1. The smallest absolute Gasteiger partial charge is 0.254 e. The molecule has 6 heteroatoms. The minimum absolute atomic E-state index is 0.0173. The predicted molar refractivity (Wildman–Crippen MR) is 175 cm³/mol. The number of hydrogen-bond acceptors (Lipinski definition) is 4. The van der Waals surface area contributed by atoms with Gasteiger partial charge in [0.05, 0.1) is 12.7 Å². The number of carbonyl (C=O) groups excluding carboxylic acids is 1. The fourth-order valence-electron chi connectivity index (χ4n) is 9.02. The number of hydrogen-bond donors (Lipinski definition) is 2. The van der Waals surface area contributed by atoms with Gasteiger partial charge in [-0.25, -0.2) is 4.39 Å². The van der Waals surface area contributed by atoms with E-state index in [1.165, 1.54) is 0 Å². The fraction of sp³-hybridized carbons (Fsp3) is 0.513. The van der Waals surface area contributed by atoms with Gasteiger partial charge in [-0.15, -0.1) is 0 Å². The highest BCUT2D eigenvalue weighted by Gasteiger charge is 2.59. The lowest BCUT2D eigenvalue weighted by Gasteiger charge is -2.54. The van der Waals surface area contributed by atoms with Crippen molar-refractivity contribution >= 4 is 5.91 Å². The first kappa shape index (κ1) is 31.6. The third-order valence-electron chi connectivity index (χ3n) is 11.2. The minimum Gasteiger partial charge on any atom is -0.508 e. The predicted octanol–water partition coefficient (Wildman–Crippen LogP) is 8.09. The van der Waals surface area contributed by atoms with Crippen molar-refractivity contribution in [3.05, 3.63) is 95.1 Å². The van der Waals surface area contributed by atoms with Crippen LogP contribution in [0.5, 0.6) is 11.5 Å². The Morgan fingerprint density at radius 3 is 2.56 bits per heavy atom. The summed E-state index contributed by atoms with van der Waals surface area (Å²) in [7, 11) is 0. The van der Waals surface area contributed by atoms with E-state index in [0.717, 1.165) is 67.4 Å². The van der Waals surface area contributed by atoms with E-state index < -0.39 is 12.3 Å². The second-order valence-electron chi connectivity index (χ2n) is 13.9. The zero-order valence-electron chi connectivity index (χ0n) is 26.7. The lowest BCUT2D eigenvalue weighted by Crippen LogP contribution is -2.51. The van der Waals surface area contributed by atoms with Gasteiger partial charge in [-0.2, -0.15) is 0 Å². The third-order valence-corrected chi connectivity index (χ3v) is 11.2. The number of phenols is 1. The van der Waals surface area contributed by atoms with Crippen molar-refractivity contribution < 1.29 is 24.1 Å². The van der Waals surface area contributed by atoms with E-state index >= 15 is 4.39 Å². The fourth-order valence-corrected chi connectivity index (χ4v) is 9.02. The molecule has 0 bridgehead atoms. The monoisotopic (exact) mass is 613 g/mol. The van der Waals surface area contributed by atoms with Gasteiger partial charge in [0.2, 0.25) is 0 Å². The van der Waals surface area contributed by atoms with Crippen LogP contribution in [-0.4, -0.2) is 46.4 Å². The molecule has 0 heterocycles. The Bertz CT molecular complexity index is 1450. The van der Waals surface area contributed by atoms with Crippen LogP contribution in [0.3, 0.4) is 0 Å². The van der Waals surface area contributed by atoms with Gasteiger partial charge in [0.1, 0.15) is 17.7 Å². The first-order valence-electron chi connectivity index (χ1n) is 17.0. The van der Waals surface area contributed by atoms with E-state index in [2.05, 4.69) is 19.1 Å². The van der Waals surface area contributed by atoms with Crippen molar-refractivity contribution in [2.45, 2.75) is 90.0 Å². The Morgan fingerprint density at radius 2 is 1.80 bits per heavy atom. The standard InChI is InChI=1S/C39H48FNO4/c1-3-45-31-16-13-27(14-17-31)38(44)41(25-26-10-6-4-7-11-26)21-9-5-8-12-28-22-29-23-30(42)15-18-32(29)37-34(40)24-39(2)33(36(28)37)19-20-35(39)43/h4,6-7,10-11,13-18,23,28,33-37,42-43H,3,5,8-9,12,19-22,24-25H2,1-2H3/t28?,33?,34?,35?,36?,37?,39-/m0/s1. The summed E-state index contributed by atoms with van der Waals surface area (Å²) in [5.74, 6) is 1.67. The van der Waals surface area contributed by atoms with Crippen LogP contribution in [0.4, 0.5) is 4.39 Å². The van der Waals surface area contributed by atoms with Crippen molar-refractivity contribution in [2.75, 3.05) is 13.2 Å². The number of rotatable bonds is 11. The zero-order valence-corrected chi connectivity index (χ0v) is 26.7. The quantitative estimate of drug-likeness (QED) is 0.215. The van der Waals surface area contributed by atoms with Crippen LogP contribution in [0.2, 0.25) is 0 Å². The van der Waals surface area contributed by atoms with Crippen molar-refractivity contribution in [3.8, 4) is 11.5 Å². The maximum Gasteiger partial charge on any atom is 0.254 e. The number of benzene rings is 3. The summed E-state index contributed by atoms with van der Waals surface area (Å²) in [4.78, 5) is 15.6. The Kier molecular flexibility index (Phi) is 9.51. The van der Waals surface area contributed by atoms with Crippen molar-refractivity contribution in [1.82, 2.24) is 4.90 Å². The van der Waals surface area contributed by atoms with Gasteiger partial charge in [0.15, 0.2) is 0 Å². The van der Waals surface area contributed by atoms with Crippen molar-refractivity contribution in [1.29, 1.82) is 0 Å². The van der Waals surface area contributed by atoms with E-state index in [1.807, 2.05) is 66.4 Å². The number of carbonyl (C=O) groups is 1. The van der Waals surface area contributed by atoms with E-state index in [4.69, 9.17) is 4.74 Å². The van der Waals surface area contributed by atoms with E-state index in [0.29, 0.717) is 43.5 Å². The minimum atomic E-state index is -0.991. The van der Waals surface area contributed by atoms with Gasteiger partial charge >= 0.3 is 0 Å². The van der Waals surface area contributed by atoms with Gasteiger partial charge < -0.3 is 19.8 Å². The molecule has 1 amide bonds. The van der Waals surface area contributed by atoms with Crippen LogP contribution in [0, 0.1) is 23.2 Å². The molecule has 5 nitrogen and oxygen atoms in total. The Labute approximate surface area is 267 Å². The second-order valence-corrected chi connectivity index (χ2v) is 13.9. The molecule has 7 atom stereocenters. The summed E-state index contributed by atoms with van der Waals surface area (Å²) in [6.45, 7) is 5.86. The highest BCUT2D eigenvalue weighted by molar-refractivity contribution is 5.94. The highest BCUT2D eigenvalue weighted by Crippen LogP contribution is 2.63. The molecular formula is C39H48FNO4. The average molecular weight is 614 g/mol. The maximum atomic E-state index is 16.1. The molecule has 2 N–H and O–H groups in total. The van der Waals surface area contributed by atoms with Crippen LogP contribution in [0.15, 0.2) is 72.8 Å². The van der Waals surface area contributed by atoms with E-state index in [-0.39, 0.29) is 28.9 Å². The average Bonchev–Trinajstić information content (AvgIpc) is 3.33.